The number of carbonyl (C=O) groups excluding carboxylic acids is 1. The molecule has 1 N–H and O–H groups in total. The number of likely N-dealkylation sites (tertiary alicyclic amines) is 1. The number of pyridine rings is 1. The highest BCUT2D eigenvalue weighted by molar-refractivity contribution is 5.80. The Hall–Kier alpha value is -3.18. The maximum Gasteiger partial charge on any atom is 0.225 e. The standard InChI is InChI=1S/C28H33N3O2/c1-33-25-12-7-10-23(20-25)26-15-19-31(18-14-22-8-3-2-4-9-22)21-27(26)28(32)30-17-13-24-11-5-6-16-29-24/h2-12,16,20,26-27H,13-15,17-19,21H2,1H3,(H,30,32)/t26-,27+/m0/s1. The normalized spacial score (nSPS) is 18.6. The van der Waals surface area contributed by atoms with Crippen molar-refractivity contribution in [1.29, 1.82) is 0 Å². The lowest BCUT2D eigenvalue weighted by Gasteiger charge is -2.38. The number of methoxy groups -OCH3 is 1. The third kappa shape index (κ3) is 6.42. The van der Waals surface area contributed by atoms with Crippen LogP contribution in [-0.4, -0.2) is 49.1 Å². The quantitative estimate of drug-likeness (QED) is 0.541. The highest BCUT2D eigenvalue weighted by atomic mass is 16.5. The van der Waals surface area contributed by atoms with Crippen molar-refractivity contribution in [3.63, 3.8) is 0 Å². The van der Waals surface area contributed by atoms with Crippen molar-refractivity contribution in [2.75, 3.05) is 33.3 Å². The van der Waals surface area contributed by atoms with E-state index in [-0.39, 0.29) is 17.7 Å². The van der Waals surface area contributed by atoms with E-state index in [1.807, 2.05) is 30.3 Å². The van der Waals surface area contributed by atoms with E-state index in [2.05, 4.69) is 57.7 Å². The maximum atomic E-state index is 13.4. The smallest absolute Gasteiger partial charge is 0.225 e. The maximum absolute atomic E-state index is 13.4. The van der Waals surface area contributed by atoms with E-state index in [4.69, 9.17) is 4.74 Å². The zero-order chi connectivity index (χ0) is 22.9. The Morgan fingerprint density at radius 1 is 1.06 bits per heavy atom. The van der Waals surface area contributed by atoms with Gasteiger partial charge in [-0.15, -0.1) is 0 Å². The molecule has 172 valence electrons. The predicted molar refractivity (Wildman–Crippen MR) is 131 cm³/mol. The fraction of sp³-hybridized carbons (Fsp3) is 0.357. The third-order valence-electron chi connectivity index (χ3n) is 6.52. The topological polar surface area (TPSA) is 54.5 Å². The Labute approximate surface area is 196 Å². The number of rotatable bonds is 9. The van der Waals surface area contributed by atoms with Crippen molar-refractivity contribution in [3.8, 4) is 5.75 Å². The van der Waals surface area contributed by atoms with Crippen LogP contribution in [0, 0.1) is 5.92 Å². The molecule has 1 saturated heterocycles. The van der Waals surface area contributed by atoms with Crippen LogP contribution in [0.15, 0.2) is 79.0 Å². The summed E-state index contributed by atoms with van der Waals surface area (Å²) >= 11 is 0. The lowest BCUT2D eigenvalue weighted by molar-refractivity contribution is -0.127. The van der Waals surface area contributed by atoms with Crippen molar-refractivity contribution >= 4 is 5.91 Å². The highest BCUT2D eigenvalue weighted by Gasteiger charge is 2.35. The van der Waals surface area contributed by atoms with Gasteiger partial charge in [0, 0.05) is 37.9 Å². The second kappa shape index (κ2) is 11.6. The molecule has 33 heavy (non-hydrogen) atoms. The van der Waals surface area contributed by atoms with Gasteiger partial charge in [0.2, 0.25) is 5.91 Å². The summed E-state index contributed by atoms with van der Waals surface area (Å²) in [6, 6.07) is 24.6. The first-order chi connectivity index (χ1) is 16.2. The molecule has 4 rings (SSSR count). The van der Waals surface area contributed by atoms with E-state index in [1.165, 1.54) is 11.1 Å². The number of aromatic nitrogens is 1. The monoisotopic (exact) mass is 443 g/mol. The van der Waals surface area contributed by atoms with Gasteiger partial charge in [-0.25, -0.2) is 0 Å². The number of benzene rings is 2. The summed E-state index contributed by atoms with van der Waals surface area (Å²) in [5.41, 5.74) is 3.51. The van der Waals surface area contributed by atoms with E-state index in [0.29, 0.717) is 6.54 Å². The molecule has 0 unspecified atom stereocenters. The first-order valence-corrected chi connectivity index (χ1v) is 11.8. The summed E-state index contributed by atoms with van der Waals surface area (Å²) in [6.07, 6.45) is 4.49. The van der Waals surface area contributed by atoms with Crippen LogP contribution >= 0.6 is 0 Å². The molecule has 2 atom stereocenters. The summed E-state index contributed by atoms with van der Waals surface area (Å²) in [6.45, 7) is 3.32. The molecule has 2 aromatic carbocycles. The molecule has 1 aliphatic heterocycles. The Morgan fingerprint density at radius 2 is 1.91 bits per heavy atom. The molecule has 0 radical (unpaired) electrons. The third-order valence-corrected chi connectivity index (χ3v) is 6.52. The van der Waals surface area contributed by atoms with Crippen LogP contribution < -0.4 is 10.1 Å². The van der Waals surface area contributed by atoms with Gasteiger partial charge in [-0.2, -0.15) is 0 Å². The average molecular weight is 444 g/mol. The summed E-state index contributed by atoms with van der Waals surface area (Å²) in [7, 11) is 1.69. The Morgan fingerprint density at radius 3 is 2.70 bits per heavy atom. The number of hydrogen-bond acceptors (Lipinski definition) is 4. The Kier molecular flexibility index (Phi) is 8.09. The molecule has 1 amide bonds. The summed E-state index contributed by atoms with van der Waals surface area (Å²) in [5.74, 6) is 1.06. The summed E-state index contributed by atoms with van der Waals surface area (Å²) in [4.78, 5) is 20.2. The van der Waals surface area contributed by atoms with Gasteiger partial charge in [-0.3, -0.25) is 9.78 Å². The van der Waals surface area contributed by atoms with Crippen LogP contribution in [0.1, 0.15) is 29.2 Å². The van der Waals surface area contributed by atoms with Gasteiger partial charge in [-0.05, 0) is 60.7 Å². The van der Waals surface area contributed by atoms with Crippen molar-refractivity contribution in [2.24, 2.45) is 5.92 Å². The number of nitrogens with zero attached hydrogens (tertiary/aromatic N) is 2. The van der Waals surface area contributed by atoms with Gasteiger partial charge in [0.15, 0.2) is 0 Å². The number of ether oxygens (including phenoxy) is 1. The molecule has 1 aliphatic rings. The minimum atomic E-state index is -0.0923. The molecular weight excluding hydrogens is 410 g/mol. The Bertz CT molecular complexity index is 1010. The summed E-state index contributed by atoms with van der Waals surface area (Å²) in [5, 5.41) is 3.19. The largest absolute Gasteiger partial charge is 0.497 e. The first-order valence-electron chi connectivity index (χ1n) is 11.8. The van der Waals surface area contributed by atoms with E-state index in [9.17, 15) is 4.79 Å². The fourth-order valence-electron chi connectivity index (χ4n) is 4.68. The molecule has 0 spiro atoms. The molecule has 0 aliphatic carbocycles. The van der Waals surface area contributed by atoms with Crippen LogP contribution in [0.5, 0.6) is 5.75 Å². The van der Waals surface area contributed by atoms with Gasteiger partial charge in [0.25, 0.3) is 0 Å². The molecule has 0 bridgehead atoms. The minimum Gasteiger partial charge on any atom is -0.497 e. The van der Waals surface area contributed by atoms with Crippen molar-refractivity contribution in [2.45, 2.75) is 25.2 Å². The molecule has 3 aromatic rings. The minimum absolute atomic E-state index is 0.0923. The SMILES string of the molecule is COc1cccc([C@@H]2CCN(CCc3ccccc3)C[C@H]2C(=O)NCCc2ccccn2)c1. The second-order valence-corrected chi connectivity index (χ2v) is 8.68. The van der Waals surface area contributed by atoms with Crippen LogP contribution in [0.25, 0.3) is 0 Å². The predicted octanol–water partition coefficient (Wildman–Crippen LogP) is 4.10. The number of amides is 1. The lowest BCUT2D eigenvalue weighted by Crippen LogP contribution is -2.47. The second-order valence-electron chi connectivity index (χ2n) is 8.68. The molecule has 0 saturated carbocycles. The molecular formula is C28H33N3O2. The number of piperidine rings is 1. The van der Waals surface area contributed by atoms with Crippen LogP contribution in [0.4, 0.5) is 0 Å². The van der Waals surface area contributed by atoms with E-state index < -0.39 is 0 Å². The lowest BCUT2D eigenvalue weighted by atomic mass is 9.79. The molecule has 5 heteroatoms. The molecule has 5 nitrogen and oxygen atoms in total. The van der Waals surface area contributed by atoms with Crippen molar-refractivity contribution in [3.05, 3.63) is 95.8 Å². The highest BCUT2D eigenvalue weighted by Crippen LogP contribution is 2.35. The molecule has 1 aromatic heterocycles. The van der Waals surface area contributed by atoms with E-state index in [0.717, 1.165) is 50.3 Å². The Balaban J connectivity index is 1.43. The van der Waals surface area contributed by atoms with E-state index >= 15 is 0 Å². The van der Waals surface area contributed by atoms with Gasteiger partial charge >= 0.3 is 0 Å². The van der Waals surface area contributed by atoms with Crippen molar-refractivity contribution < 1.29 is 9.53 Å². The number of hydrogen-bond donors (Lipinski definition) is 1. The van der Waals surface area contributed by atoms with Crippen LogP contribution in [-0.2, 0) is 17.6 Å². The zero-order valence-electron chi connectivity index (χ0n) is 19.3. The first kappa shape index (κ1) is 23.0. The van der Waals surface area contributed by atoms with E-state index in [1.54, 1.807) is 13.3 Å². The zero-order valence-corrected chi connectivity index (χ0v) is 19.3. The van der Waals surface area contributed by atoms with Crippen LogP contribution in [0.2, 0.25) is 0 Å². The average Bonchev–Trinajstić information content (AvgIpc) is 2.88. The number of carbonyl (C=O) groups is 1. The van der Waals surface area contributed by atoms with Gasteiger partial charge in [0.1, 0.15) is 5.75 Å². The van der Waals surface area contributed by atoms with Gasteiger partial charge < -0.3 is 15.0 Å². The summed E-state index contributed by atoms with van der Waals surface area (Å²) < 4.78 is 5.45. The fourth-order valence-corrected chi connectivity index (χ4v) is 4.68. The van der Waals surface area contributed by atoms with Gasteiger partial charge in [0.05, 0.1) is 13.0 Å². The molecule has 1 fully saturated rings. The molecule has 2 heterocycles. The number of nitrogens with one attached hydrogen (secondary N) is 1. The van der Waals surface area contributed by atoms with Crippen LogP contribution in [0.3, 0.4) is 0 Å². The van der Waals surface area contributed by atoms with Crippen molar-refractivity contribution in [1.82, 2.24) is 15.2 Å². The van der Waals surface area contributed by atoms with Gasteiger partial charge in [-0.1, -0.05) is 48.5 Å².